The van der Waals surface area contributed by atoms with Gasteiger partial charge in [-0.3, -0.25) is 4.79 Å². The summed E-state index contributed by atoms with van der Waals surface area (Å²) >= 11 is 0. The minimum Gasteiger partial charge on any atom is -0.469 e. The molecule has 2 fully saturated rings. The van der Waals surface area contributed by atoms with Gasteiger partial charge in [0.15, 0.2) is 12.6 Å². The van der Waals surface area contributed by atoms with E-state index in [1.807, 2.05) is 18.2 Å². The second-order valence-corrected chi connectivity index (χ2v) is 9.79. The van der Waals surface area contributed by atoms with Crippen LogP contribution in [0, 0.1) is 0 Å². The van der Waals surface area contributed by atoms with Gasteiger partial charge in [0.1, 0.15) is 11.5 Å². The number of rotatable bonds is 12. The number of allylic oxidation sites excluding steroid dienone is 1. The molecule has 2 aromatic rings. The van der Waals surface area contributed by atoms with E-state index in [4.69, 9.17) is 18.9 Å². The van der Waals surface area contributed by atoms with Gasteiger partial charge in [0.25, 0.3) is 0 Å². The molecule has 0 N–H and O–H groups in total. The highest BCUT2D eigenvalue weighted by Crippen LogP contribution is 2.29. The van der Waals surface area contributed by atoms with E-state index in [0.717, 1.165) is 99.2 Å². The molecule has 6 nitrogen and oxygen atoms in total. The lowest BCUT2D eigenvalue weighted by atomic mass is 10.1. The Morgan fingerprint density at radius 3 is 2.05 bits per heavy atom. The van der Waals surface area contributed by atoms with E-state index in [1.165, 1.54) is 7.11 Å². The summed E-state index contributed by atoms with van der Waals surface area (Å²) < 4.78 is 28.6. The lowest BCUT2D eigenvalue weighted by Crippen LogP contribution is -2.26. The summed E-state index contributed by atoms with van der Waals surface area (Å²) in [5.41, 5.74) is 3.25. The summed E-state index contributed by atoms with van der Waals surface area (Å²) in [6, 6.07) is 14.4. The van der Waals surface area contributed by atoms with Crippen molar-refractivity contribution in [3.63, 3.8) is 0 Å². The summed E-state index contributed by atoms with van der Waals surface area (Å²) in [6.07, 6.45) is 17.4. The fraction of sp³-hybridized carbons (Fsp3) is 0.469. The molecule has 38 heavy (non-hydrogen) atoms. The van der Waals surface area contributed by atoms with Gasteiger partial charge < -0.3 is 23.7 Å². The monoisotopic (exact) mass is 520 g/mol. The summed E-state index contributed by atoms with van der Waals surface area (Å²) in [5, 5.41) is 0. The van der Waals surface area contributed by atoms with Gasteiger partial charge in [-0.1, -0.05) is 42.5 Å². The van der Waals surface area contributed by atoms with Gasteiger partial charge in [-0.25, -0.2) is 0 Å². The van der Waals surface area contributed by atoms with Crippen LogP contribution in [0.5, 0.6) is 11.5 Å². The first-order valence-electron chi connectivity index (χ1n) is 13.9. The number of esters is 1. The number of unbranched alkanes of at least 4 members (excludes halogenated alkanes) is 2. The summed E-state index contributed by atoms with van der Waals surface area (Å²) in [6.45, 7) is 1.48. The van der Waals surface area contributed by atoms with Crippen LogP contribution < -0.4 is 9.47 Å². The Morgan fingerprint density at radius 1 is 0.816 bits per heavy atom. The predicted molar refractivity (Wildman–Crippen MR) is 150 cm³/mol. The number of ether oxygens (including phenoxy) is 5. The van der Waals surface area contributed by atoms with Crippen LogP contribution in [-0.4, -0.2) is 38.9 Å². The molecule has 0 spiro atoms. The van der Waals surface area contributed by atoms with Crippen LogP contribution in [0.3, 0.4) is 0 Å². The molecule has 2 unspecified atom stereocenters. The van der Waals surface area contributed by atoms with Crippen LogP contribution in [0.1, 0.15) is 80.9 Å². The maximum Gasteiger partial charge on any atom is 0.305 e. The first-order valence-corrected chi connectivity index (χ1v) is 13.9. The van der Waals surface area contributed by atoms with Crippen LogP contribution in [0.25, 0.3) is 18.2 Å². The minimum atomic E-state index is -0.217. The molecule has 2 aromatic carbocycles. The molecule has 0 radical (unpaired) electrons. The Morgan fingerprint density at radius 2 is 1.45 bits per heavy atom. The smallest absolute Gasteiger partial charge is 0.305 e. The lowest BCUT2D eigenvalue weighted by Gasteiger charge is -2.25. The van der Waals surface area contributed by atoms with Crippen molar-refractivity contribution in [2.24, 2.45) is 0 Å². The van der Waals surface area contributed by atoms with E-state index in [0.29, 0.717) is 6.42 Å². The zero-order valence-corrected chi connectivity index (χ0v) is 22.4. The zero-order chi connectivity index (χ0) is 26.4. The van der Waals surface area contributed by atoms with Crippen molar-refractivity contribution in [1.82, 2.24) is 0 Å². The first kappa shape index (κ1) is 27.9. The van der Waals surface area contributed by atoms with Crippen LogP contribution in [0.2, 0.25) is 0 Å². The van der Waals surface area contributed by atoms with Crippen LogP contribution in [0.15, 0.2) is 48.5 Å². The van der Waals surface area contributed by atoms with Crippen molar-refractivity contribution in [3.8, 4) is 11.5 Å². The number of carbonyl (C=O) groups is 1. The van der Waals surface area contributed by atoms with E-state index >= 15 is 0 Å². The number of benzene rings is 2. The van der Waals surface area contributed by atoms with Crippen molar-refractivity contribution in [1.29, 1.82) is 0 Å². The predicted octanol–water partition coefficient (Wildman–Crippen LogP) is 7.41. The molecule has 2 aliphatic rings. The van der Waals surface area contributed by atoms with E-state index in [9.17, 15) is 4.79 Å². The fourth-order valence-electron chi connectivity index (χ4n) is 4.55. The van der Waals surface area contributed by atoms with Crippen LogP contribution in [0.4, 0.5) is 0 Å². The molecule has 2 heterocycles. The molecular formula is C32H40O6. The number of methoxy groups -OCH3 is 1. The van der Waals surface area contributed by atoms with Crippen molar-refractivity contribution in [2.75, 3.05) is 20.3 Å². The largest absolute Gasteiger partial charge is 0.469 e. The van der Waals surface area contributed by atoms with Crippen molar-refractivity contribution < 1.29 is 28.5 Å². The molecule has 0 aromatic heterocycles. The SMILES string of the molecule is COC(=O)CCCCC=Cc1cccc(C=Cc2cc(OC3CCCCO3)cc(OC3CCCCO3)c2)c1. The summed E-state index contributed by atoms with van der Waals surface area (Å²) in [7, 11) is 1.43. The molecule has 6 heteroatoms. The molecule has 2 atom stereocenters. The van der Waals surface area contributed by atoms with Gasteiger partial charge in [-0.15, -0.1) is 0 Å². The summed E-state index contributed by atoms with van der Waals surface area (Å²) in [5.74, 6) is 1.34. The minimum absolute atomic E-state index is 0.145. The Bertz CT molecular complexity index is 1030. The van der Waals surface area contributed by atoms with Crippen LogP contribution in [-0.2, 0) is 19.0 Å². The standard InChI is InChI=1S/C32H40O6/c1-34-30(33)14-5-3-2-4-11-25-12-10-13-26(21-25)17-18-27-22-28(37-31-15-6-8-19-35-31)24-29(23-27)38-32-16-7-9-20-36-32/h4,10-13,17-18,21-24,31-32H,2-3,5-9,14-16,19-20H2,1H3. The van der Waals surface area contributed by atoms with E-state index in [1.54, 1.807) is 0 Å². The molecule has 0 bridgehead atoms. The van der Waals surface area contributed by atoms with E-state index in [2.05, 4.69) is 53.3 Å². The highest BCUT2D eigenvalue weighted by atomic mass is 16.7. The topological polar surface area (TPSA) is 63.2 Å². The Balaban J connectivity index is 1.40. The lowest BCUT2D eigenvalue weighted by molar-refractivity contribution is -0.140. The molecule has 4 rings (SSSR count). The van der Waals surface area contributed by atoms with Crippen molar-refractivity contribution in [3.05, 3.63) is 65.2 Å². The molecular weight excluding hydrogens is 480 g/mol. The number of hydrogen-bond acceptors (Lipinski definition) is 6. The third kappa shape index (κ3) is 9.66. The third-order valence-corrected chi connectivity index (χ3v) is 6.63. The van der Waals surface area contributed by atoms with Crippen molar-refractivity contribution >= 4 is 24.2 Å². The van der Waals surface area contributed by atoms with E-state index < -0.39 is 0 Å². The molecule has 0 aliphatic carbocycles. The average Bonchev–Trinajstić information content (AvgIpc) is 2.95. The van der Waals surface area contributed by atoms with Gasteiger partial charge >= 0.3 is 5.97 Å². The Labute approximate surface area is 226 Å². The molecule has 2 saturated heterocycles. The van der Waals surface area contributed by atoms with Gasteiger partial charge in [-0.05, 0) is 79.8 Å². The molecule has 0 saturated carbocycles. The van der Waals surface area contributed by atoms with Gasteiger partial charge in [0.2, 0.25) is 0 Å². The maximum atomic E-state index is 11.2. The second kappa shape index (κ2) is 15.4. The highest BCUT2D eigenvalue weighted by molar-refractivity contribution is 5.72. The zero-order valence-electron chi connectivity index (χ0n) is 22.4. The van der Waals surface area contributed by atoms with Gasteiger partial charge in [-0.2, -0.15) is 0 Å². The second-order valence-electron chi connectivity index (χ2n) is 9.79. The molecule has 0 amide bonds. The highest BCUT2D eigenvalue weighted by Gasteiger charge is 2.18. The molecule has 204 valence electrons. The maximum absolute atomic E-state index is 11.2. The van der Waals surface area contributed by atoms with Crippen LogP contribution >= 0.6 is 0 Å². The molecule has 2 aliphatic heterocycles. The Hall–Kier alpha value is -3.09. The number of hydrogen-bond donors (Lipinski definition) is 0. The normalized spacial score (nSPS) is 20.0. The Kier molecular flexibility index (Phi) is 11.3. The third-order valence-electron chi connectivity index (χ3n) is 6.63. The average molecular weight is 521 g/mol. The summed E-state index contributed by atoms with van der Waals surface area (Å²) in [4.78, 5) is 11.2. The van der Waals surface area contributed by atoms with Gasteiger partial charge in [0, 0.05) is 25.3 Å². The first-order chi connectivity index (χ1) is 18.7. The quantitative estimate of drug-likeness (QED) is 0.165. The van der Waals surface area contributed by atoms with Gasteiger partial charge in [0.05, 0.1) is 20.3 Å². The fourth-order valence-corrected chi connectivity index (χ4v) is 4.55. The number of carbonyl (C=O) groups excluding carboxylic acids is 1. The van der Waals surface area contributed by atoms with Crippen molar-refractivity contribution in [2.45, 2.75) is 76.8 Å². The van der Waals surface area contributed by atoms with E-state index in [-0.39, 0.29) is 18.5 Å².